The number of alkyl halides is 3. The van der Waals surface area contributed by atoms with Crippen LogP contribution in [0.3, 0.4) is 0 Å². The van der Waals surface area contributed by atoms with Crippen molar-refractivity contribution < 1.29 is 22.7 Å². The Bertz CT molecular complexity index is 862. The third-order valence-corrected chi connectivity index (χ3v) is 5.26. The number of likely N-dealkylation sites (tertiary alicyclic amines) is 1. The summed E-state index contributed by atoms with van der Waals surface area (Å²) in [6.45, 7) is 3.65. The Hall–Kier alpha value is -2.35. The average Bonchev–Trinajstić information content (AvgIpc) is 2.66. The fraction of sp³-hybridized carbons (Fsp3) is 0.500. The van der Waals surface area contributed by atoms with E-state index in [1.807, 2.05) is 19.0 Å². The smallest absolute Gasteiger partial charge is 0.418 e. The molecule has 8 heteroatoms. The topological polar surface area (TPSA) is 45.7 Å². The number of nitrogens with zero attached hydrogens (tertiary/aromatic N) is 3. The molecule has 1 aliphatic rings. The van der Waals surface area contributed by atoms with Crippen molar-refractivity contribution >= 4 is 22.6 Å². The van der Waals surface area contributed by atoms with Crippen molar-refractivity contribution in [3.05, 3.63) is 35.5 Å². The molecule has 3 rings (SSSR count). The van der Waals surface area contributed by atoms with E-state index in [0.717, 1.165) is 32.0 Å². The number of carbonyl (C=O) groups is 1. The Balaban J connectivity index is 2.17. The number of carbonyl (C=O) groups excluding carboxylic acids is 1. The first kappa shape index (κ1) is 20.4. The van der Waals surface area contributed by atoms with Gasteiger partial charge >= 0.3 is 12.1 Å². The third kappa shape index (κ3) is 3.92. The average molecular weight is 395 g/mol. The zero-order valence-corrected chi connectivity index (χ0v) is 16.2. The van der Waals surface area contributed by atoms with Crippen LogP contribution in [0.15, 0.2) is 24.4 Å². The molecule has 1 saturated heterocycles. The number of hydrogen-bond donors (Lipinski definition) is 0. The minimum atomic E-state index is -4.53. The molecule has 1 aromatic carbocycles. The highest BCUT2D eigenvalue weighted by atomic mass is 19.4. The number of anilines is 1. The van der Waals surface area contributed by atoms with E-state index in [0.29, 0.717) is 11.1 Å². The molecule has 0 N–H and O–H groups in total. The largest absolute Gasteiger partial charge is 0.462 e. The van der Waals surface area contributed by atoms with E-state index in [9.17, 15) is 18.0 Å². The molecule has 28 heavy (non-hydrogen) atoms. The van der Waals surface area contributed by atoms with Crippen molar-refractivity contribution in [1.82, 2.24) is 9.88 Å². The van der Waals surface area contributed by atoms with Crippen LogP contribution >= 0.6 is 0 Å². The molecular weight excluding hydrogens is 371 g/mol. The molecule has 1 aromatic heterocycles. The summed E-state index contributed by atoms with van der Waals surface area (Å²) in [5.74, 6) is -0.580. The van der Waals surface area contributed by atoms with Gasteiger partial charge in [-0.25, -0.2) is 4.79 Å². The molecule has 0 bridgehead atoms. The number of ether oxygens (including phenoxy) is 1. The molecule has 152 valence electrons. The van der Waals surface area contributed by atoms with Crippen LogP contribution in [0.1, 0.15) is 35.7 Å². The molecule has 0 saturated carbocycles. The molecule has 2 aromatic rings. The predicted molar refractivity (Wildman–Crippen MR) is 102 cm³/mol. The fourth-order valence-electron chi connectivity index (χ4n) is 3.74. The van der Waals surface area contributed by atoms with E-state index in [1.54, 1.807) is 13.0 Å². The Morgan fingerprint density at radius 2 is 2.00 bits per heavy atom. The van der Waals surface area contributed by atoms with Gasteiger partial charge in [-0.1, -0.05) is 12.1 Å². The number of para-hydroxylation sites is 1. The van der Waals surface area contributed by atoms with Crippen molar-refractivity contribution in [2.45, 2.75) is 32.0 Å². The molecule has 0 atom stereocenters. The molecule has 0 unspecified atom stereocenters. The van der Waals surface area contributed by atoms with Gasteiger partial charge in [0.05, 0.1) is 23.4 Å². The van der Waals surface area contributed by atoms with Gasteiger partial charge in [0, 0.05) is 24.7 Å². The molecule has 0 amide bonds. The zero-order chi connectivity index (χ0) is 20.5. The van der Waals surface area contributed by atoms with Gasteiger partial charge in [-0.3, -0.25) is 4.98 Å². The van der Waals surface area contributed by atoms with Gasteiger partial charge in [-0.05, 0) is 46.0 Å². The van der Waals surface area contributed by atoms with Crippen LogP contribution in [-0.4, -0.2) is 55.7 Å². The Kier molecular flexibility index (Phi) is 5.79. The summed E-state index contributed by atoms with van der Waals surface area (Å²) in [6, 6.07) is 4.07. The number of halogens is 3. The Morgan fingerprint density at radius 3 is 2.61 bits per heavy atom. The lowest BCUT2D eigenvalue weighted by atomic mass is 9.99. The van der Waals surface area contributed by atoms with E-state index in [1.165, 1.54) is 12.3 Å². The molecule has 5 nitrogen and oxygen atoms in total. The van der Waals surface area contributed by atoms with Crippen LogP contribution in [0.2, 0.25) is 0 Å². The van der Waals surface area contributed by atoms with Crippen molar-refractivity contribution in [3.63, 3.8) is 0 Å². The number of benzene rings is 1. The predicted octanol–water partition coefficient (Wildman–Crippen LogP) is 3.96. The lowest BCUT2D eigenvalue weighted by Gasteiger charge is -2.37. The molecule has 2 heterocycles. The maximum atomic E-state index is 13.5. The van der Waals surface area contributed by atoms with Crippen LogP contribution in [0, 0.1) is 0 Å². The number of aromatic nitrogens is 1. The molecule has 0 aliphatic carbocycles. The summed E-state index contributed by atoms with van der Waals surface area (Å²) >= 11 is 0. The van der Waals surface area contributed by atoms with E-state index in [-0.39, 0.29) is 23.7 Å². The number of pyridine rings is 1. The highest BCUT2D eigenvalue weighted by molar-refractivity contribution is 6.06. The van der Waals surface area contributed by atoms with Crippen molar-refractivity contribution in [2.75, 3.05) is 38.7 Å². The van der Waals surface area contributed by atoms with Gasteiger partial charge < -0.3 is 14.5 Å². The summed E-state index contributed by atoms with van der Waals surface area (Å²) in [5, 5.41) is 0.307. The van der Waals surface area contributed by atoms with Crippen LogP contribution in [0.5, 0.6) is 0 Å². The van der Waals surface area contributed by atoms with Gasteiger partial charge in [-0.15, -0.1) is 0 Å². The van der Waals surface area contributed by atoms with Gasteiger partial charge in [0.2, 0.25) is 0 Å². The minimum Gasteiger partial charge on any atom is -0.462 e. The van der Waals surface area contributed by atoms with E-state index in [4.69, 9.17) is 4.74 Å². The number of piperidine rings is 1. The van der Waals surface area contributed by atoms with Crippen LogP contribution in [0.25, 0.3) is 10.9 Å². The van der Waals surface area contributed by atoms with Gasteiger partial charge in [0.25, 0.3) is 0 Å². The first-order chi connectivity index (χ1) is 13.2. The summed E-state index contributed by atoms with van der Waals surface area (Å²) in [7, 11) is 3.87. The van der Waals surface area contributed by atoms with Crippen LogP contribution in [0.4, 0.5) is 18.9 Å². The SMILES string of the molecule is CCOC(=O)c1cnc2c(C(F)(F)F)cccc2c1N(C)C1CCN(C)CC1. The molecule has 0 spiro atoms. The second-order valence-electron chi connectivity index (χ2n) is 7.09. The molecule has 1 aliphatic heterocycles. The summed E-state index contributed by atoms with van der Waals surface area (Å²) in [5.41, 5.74) is -0.324. The third-order valence-electron chi connectivity index (χ3n) is 5.26. The molecular formula is C20H24F3N3O2. The summed E-state index contributed by atoms with van der Waals surface area (Å²) in [4.78, 5) is 20.6. The van der Waals surface area contributed by atoms with Crippen LogP contribution < -0.4 is 4.90 Å². The van der Waals surface area contributed by atoms with E-state index >= 15 is 0 Å². The standard InChI is InChI=1S/C20H24F3N3O2/c1-4-28-19(27)15-12-24-17-14(6-5-7-16(17)20(21,22)23)18(15)26(3)13-8-10-25(2)11-9-13/h5-7,12-13H,4,8-11H2,1-3H3. The van der Waals surface area contributed by atoms with Gasteiger partial charge in [-0.2, -0.15) is 13.2 Å². The monoisotopic (exact) mass is 395 g/mol. The number of hydrogen-bond acceptors (Lipinski definition) is 5. The highest BCUT2D eigenvalue weighted by Crippen LogP contribution is 2.39. The second kappa shape index (κ2) is 7.95. The van der Waals surface area contributed by atoms with Gasteiger partial charge in [0.1, 0.15) is 5.56 Å². The van der Waals surface area contributed by atoms with Crippen LogP contribution in [-0.2, 0) is 10.9 Å². The van der Waals surface area contributed by atoms with Crippen molar-refractivity contribution in [2.24, 2.45) is 0 Å². The second-order valence-corrected chi connectivity index (χ2v) is 7.09. The van der Waals surface area contributed by atoms with Crippen molar-refractivity contribution in [1.29, 1.82) is 0 Å². The maximum absolute atomic E-state index is 13.5. The summed E-state index contributed by atoms with van der Waals surface area (Å²) < 4.78 is 45.6. The lowest BCUT2D eigenvalue weighted by Crippen LogP contribution is -2.42. The first-order valence-corrected chi connectivity index (χ1v) is 9.31. The normalized spacial score (nSPS) is 16.4. The van der Waals surface area contributed by atoms with Gasteiger partial charge in [0.15, 0.2) is 0 Å². The van der Waals surface area contributed by atoms with E-state index < -0.39 is 17.7 Å². The lowest BCUT2D eigenvalue weighted by molar-refractivity contribution is -0.136. The summed E-state index contributed by atoms with van der Waals surface area (Å²) in [6.07, 6.45) is -1.60. The van der Waals surface area contributed by atoms with E-state index in [2.05, 4.69) is 9.88 Å². The zero-order valence-electron chi connectivity index (χ0n) is 16.2. The molecule has 0 radical (unpaired) electrons. The Labute approximate surface area is 162 Å². The number of fused-ring (bicyclic) bond motifs is 1. The number of rotatable bonds is 4. The van der Waals surface area contributed by atoms with Crippen molar-refractivity contribution in [3.8, 4) is 0 Å². The molecule has 1 fully saturated rings. The quantitative estimate of drug-likeness (QED) is 0.734. The number of esters is 1. The highest BCUT2D eigenvalue weighted by Gasteiger charge is 2.35. The maximum Gasteiger partial charge on any atom is 0.418 e. The minimum absolute atomic E-state index is 0.115. The fourth-order valence-corrected chi connectivity index (χ4v) is 3.74. The Morgan fingerprint density at radius 1 is 1.32 bits per heavy atom. The first-order valence-electron chi connectivity index (χ1n) is 9.31.